The maximum atomic E-state index is 12.0. The number of esters is 1. The lowest BCUT2D eigenvalue weighted by Gasteiger charge is -2.21. The number of rotatable bonds is 3. The second-order valence-electron chi connectivity index (χ2n) is 5.49. The van der Waals surface area contributed by atoms with Crippen molar-refractivity contribution in [3.05, 3.63) is 71.8 Å². The summed E-state index contributed by atoms with van der Waals surface area (Å²) in [6.07, 6.45) is -2.50. The van der Waals surface area contributed by atoms with Gasteiger partial charge in [0.25, 0.3) is 0 Å². The van der Waals surface area contributed by atoms with Crippen LogP contribution in [0.1, 0.15) is 15.9 Å². The summed E-state index contributed by atoms with van der Waals surface area (Å²) < 4.78 is 5.23. The first-order valence-electron chi connectivity index (χ1n) is 7.51. The first kappa shape index (κ1) is 16.8. The summed E-state index contributed by atoms with van der Waals surface area (Å²) in [5, 5.41) is 19.0. The molecule has 0 fully saturated rings. The third-order valence-electron chi connectivity index (χ3n) is 3.80. The molecule has 2 aromatic rings. The maximum Gasteiger partial charge on any atom is 0.343 e. The number of hydrogen-bond acceptors (Lipinski definition) is 6. The van der Waals surface area contributed by atoms with Crippen LogP contribution in [0.25, 0.3) is 5.57 Å². The smallest absolute Gasteiger partial charge is 0.343 e. The summed E-state index contributed by atoms with van der Waals surface area (Å²) in [5.41, 5.74) is 0.784. The topological polar surface area (TPSA) is 101 Å². The van der Waals surface area contributed by atoms with E-state index >= 15 is 0 Å². The Morgan fingerprint density at radius 3 is 2.16 bits per heavy atom. The van der Waals surface area contributed by atoms with Crippen LogP contribution in [-0.2, 0) is 9.59 Å². The molecule has 25 heavy (non-hydrogen) atoms. The summed E-state index contributed by atoms with van der Waals surface area (Å²) in [7, 11) is 0. The molecule has 0 heterocycles. The third kappa shape index (κ3) is 3.40. The van der Waals surface area contributed by atoms with Crippen LogP contribution in [0.2, 0.25) is 0 Å². The Morgan fingerprint density at radius 2 is 1.52 bits per heavy atom. The molecule has 2 atom stereocenters. The standard InChI is InChI=1S/C19H14O6/c20-15-10-14(16(21)18(23)17(15)22)11-6-8-13(9-7-11)25-19(24)12-4-2-1-3-5-12/h1-10,17-18,22-23H. The van der Waals surface area contributed by atoms with Crippen LogP contribution in [0.3, 0.4) is 0 Å². The van der Waals surface area contributed by atoms with Gasteiger partial charge in [-0.25, -0.2) is 4.79 Å². The fourth-order valence-corrected chi connectivity index (χ4v) is 2.43. The molecule has 6 heteroatoms. The van der Waals surface area contributed by atoms with Crippen LogP contribution in [0.15, 0.2) is 60.7 Å². The molecule has 2 unspecified atom stereocenters. The average Bonchev–Trinajstić information content (AvgIpc) is 2.64. The Labute approximate surface area is 143 Å². The van der Waals surface area contributed by atoms with Gasteiger partial charge in [-0.1, -0.05) is 30.3 Å². The normalized spacial score (nSPS) is 20.2. The van der Waals surface area contributed by atoms with E-state index in [-0.39, 0.29) is 11.3 Å². The highest BCUT2D eigenvalue weighted by Gasteiger charge is 2.36. The van der Waals surface area contributed by atoms with Crippen LogP contribution >= 0.6 is 0 Å². The monoisotopic (exact) mass is 338 g/mol. The molecule has 0 spiro atoms. The Morgan fingerprint density at radius 1 is 0.880 bits per heavy atom. The summed E-state index contributed by atoms with van der Waals surface area (Å²) in [6.45, 7) is 0. The molecular formula is C19H14O6. The molecule has 3 rings (SSSR count). The van der Waals surface area contributed by atoms with Crippen molar-refractivity contribution >= 4 is 23.1 Å². The van der Waals surface area contributed by atoms with Gasteiger partial charge >= 0.3 is 5.97 Å². The van der Waals surface area contributed by atoms with Gasteiger partial charge in [-0.05, 0) is 35.9 Å². The molecular weight excluding hydrogens is 324 g/mol. The molecule has 0 bridgehead atoms. The Kier molecular flexibility index (Phi) is 4.56. The first-order chi connectivity index (χ1) is 12.0. The van der Waals surface area contributed by atoms with E-state index in [9.17, 15) is 24.6 Å². The zero-order valence-electron chi connectivity index (χ0n) is 13.0. The molecule has 2 aromatic carbocycles. The van der Waals surface area contributed by atoms with Crippen molar-refractivity contribution in [1.29, 1.82) is 0 Å². The minimum absolute atomic E-state index is 0.00346. The number of benzene rings is 2. The van der Waals surface area contributed by atoms with E-state index < -0.39 is 29.7 Å². The van der Waals surface area contributed by atoms with E-state index in [4.69, 9.17) is 4.74 Å². The van der Waals surface area contributed by atoms with E-state index in [0.29, 0.717) is 11.1 Å². The van der Waals surface area contributed by atoms with E-state index in [1.165, 1.54) is 24.3 Å². The molecule has 0 aliphatic heterocycles. The number of carbonyl (C=O) groups excluding carboxylic acids is 3. The predicted octanol–water partition coefficient (Wildman–Crippen LogP) is 1.16. The summed E-state index contributed by atoms with van der Waals surface area (Å²) in [5.74, 6) is -1.72. The first-order valence-corrected chi connectivity index (χ1v) is 7.51. The van der Waals surface area contributed by atoms with Crippen molar-refractivity contribution < 1.29 is 29.3 Å². The number of hydrogen-bond donors (Lipinski definition) is 2. The Bertz CT molecular complexity index is 851. The zero-order chi connectivity index (χ0) is 18.0. The molecule has 126 valence electrons. The molecule has 2 N–H and O–H groups in total. The highest BCUT2D eigenvalue weighted by molar-refractivity contribution is 6.30. The Hall–Kier alpha value is -3.09. The van der Waals surface area contributed by atoms with Crippen LogP contribution < -0.4 is 4.74 Å². The molecule has 0 amide bonds. The summed E-state index contributed by atoms with van der Waals surface area (Å²) >= 11 is 0. The van der Waals surface area contributed by atoms with Crippen LogP contribution in [0.4, 0.5) is 0 Å². The lowest BCUT2D eigenvalue weighted by Crippen LogP contribution is -2.43. The summed E-state index contributed by atoms with van der Waals surface area (Å²) in [4.78, 5) is 35.6. The molecule has 1 aliphatic rings. The second kappa shape index (κ2) is 6.80. The number of carbonyl (C=O) groups is 3. The average molecular weight is 338 g/mol. The van der Waals surface area contributed by atoms with Gasteiger partial charge in [0, 0.05) is 5.57 Å². The second-order valence-corrected chi connectivity index (χ2v) is 5.49. The highest BCUT2D eigenvalue weighted by Crippen LogP contribution is 2.25. The van der Waals surface area contributed by atoms with Gasteiger partial charge in [0.15, 0.2) is 17.7 Å². The minimum atomic E-state index is -1.77. The SMILES string of the molecule is O=C(Oc1ccc(C2=CC(=O)C(O)C(O)C2=O)cc1)c1ccccc1. The Balaban J connectivity index is 1.79. The van der Waals surface area contributed by atoms with Gasteiger partial charge in [-0.3, -0.25) is 9.59 Å². The van der Waals surface area contributed by atoms with Gasteiger partial charge < -0.3 is 14.9 Å². The molecule has 0 saturated carbocycles. The molecule has 0 saturated heterocycles. The van der Waals surface area contributed by atoms with Crippen molar-refractivity contribution in [2.75, 3.05) is 0 Å². The molecule has 6 nitrogen and oxygen atoms in total. The third-order valence-corrected chi connectivity index (χ3v) is 3.80. The van der Waals surface area contributed by atoms with Gasteiger partial charge in [-0.2, -0.15) is 0 Å². The van der Waals surface area contributed by atoms with Crippen molar-refractivity contribution in [2.45, 2.75) is 12.2 Å². The zero-order valence-corrected chi connectivity index (χ0v) is 13.0. The minimum Gasteiger partial charge on any atom is -0.423 e. The molecule has 0 aromatic heterocycles. The maximum absolute atomic E-state index is 12.0. The highest BCUT2D eigenvalue weighted by atomic mass is 16.5. The largest absolute Gasteiger partial charge is 0.423 e. The van der Waals surface area contributed by atoms with Crippen LogP contribution in [0, 0.1) is 0 Å². The number of aliphatic hydroxyl groups excluding tert-OH is 2. The fraction of sp³-hybridized carbons (Fsp3) is 0.105. The number of ketones is 2. The van der Waals surface area contributed by atoms with Crippen molar-refractivity contribution in [3.8, 4) is 5.75 Å². The fourth-order valence-electron chi connectivity index (χ4n) is 2.43. The molecule has 1 aliphatic carbocycles. The predicted molar refractivity (Wildman–Crippen MR) is 87.8 cm³/mol. The quantitative estimate of drug-likeness (QED) is 0.643. The number of Topliss-reactive ketones (excluding diaryl/α,β-unsaturated/α-hetero) is 1. The van der Waals surface area contributed by atoms with Crippen molar-refractivity contribution in [1.82, 2.24) is 0 Å². The van der Waals surface area contributed by atoms with Crippen LogP contribution in [-0.4, -0.2) is 40.0 Å². The van der Waals surface area contributed by atoms with Gasteiger partial charge in [0.05, 0.1) is 5.56 Å². The number of aliphatic hydroxyl groups is 2. The van der Waals surface area contributed by atoms with Crippen molar-refractivity contribution in [2.24, 2.45) is 0 Å². The van der Waals surface area contributed by atoms with E-state index in [0.717, 1.165) is 6.08 Å². The van der Waals surface area contributed by atoms with Crippen LogP contribution in [0.5, 0.6) is 5.75 Å². The van der Waals surface area contributed by atoms with E-state index in [1.807, 2.05) is 0 Å². The van der Waals surface area contributed by atoms with Gasteiger partial charge in [0.2, 0.25) is 0 Å². The lowest BCUT2D eigenvalue weighted by molar-refractivity contribution is -0.138. The molecule has 0 radical (unpaired) electrons. The van der Waals surface area contributed by atoms with Gasteiger partial charge in [0.1, 0.15) is 11.9 Å². The number of ether oxygens (including phenoxy) is 1. The van der Waals surface area contributed by atoms with E-state index in [2.05, 4.69) is 0 Å². The van der Waals surface area contributed by atoms with Crippen molar-refractivity contribution in [3.63, 3.8) is 0 Å². The van der Waals surface area contributed by atoms with Gasteiger partial charge in [-0.15, -0.1) is 0 Å². The summed E-state index contributed by atoms with van der Waals surface area (Å²) in [6, 6.07) is 14.4. The lowest BCUT2D eigenvalue weighted by atomic mass is 9.88. The van der Waals surface area contributed by atoms with E-state index in [1.54, 1.807) is 30.3 Å².